The lowest BCUT2D eigenvalue weighted by Crippen LogP contribution is -2.28. The first-order valence-corrected chi connectivity index (χ1v) is 6.67. The summed E-state index contributed by atoms with van der Waals surface area (Å²) in [5.74, 6) is -0.637. The van der Waals surface area contributed by atoms with Crippen LogP contribution in [0.2, 0.25) is 0 Å². The van der Waals surface area contributed by atoms with Crippen molar-refractivity contribution in [2.24, 2.45) is 0 Å². The number of aryl methyl sites for hydroxylation is 1. The summed E-state index contributed by atoms with van der Waals surface area (Å²) < 4.78 is 30.4. The Balaban J connectivity index is 2.74. The van der Waals surface area contributed by atoms with E-state index in [9.17, 15) is 13.2 Å². The minimum absolute atomic E-state index is 0.0492. The van der Waals surface area contributed by atoms with Crippen LogP contribution in [0.1, 0.15) is 5.56 Å². The highest BCUT2D eigenvalue weighted by Gasteiger charge is 2.15. The van der Waals surface area contributed by atoms with Crippen LogP contribution in [0.15, 0.2) is 41.3 Å². The third kappa shape index (κ3) is 3.68. The van der Waals surface area contributed by atoms with Crippen molar-refractivity contribution in [3.8, 4) is 0 Å². The molecule has 0 aliphatic carbocycles. The summed E-state index contributed by atoms with van der Waals surface area (Å²) in [6.45, 7) is 5.12. The second kappa shape index (κ2) is 5.79. The second-order valence-corrected chi connectivity index (χ2v) is 5.50. The molecule has 0 radical (unpaired) electrons. The van der Waals surface area contributed by atoms with Crippen LogP contribution in [-0.4, -0.2) is 28.0 Å². The minimum atomic E-state index is -3.63. The molecule has 0 saturated heterocycles. The van der Waals surface area contributed by atoms with Gasteiger partial charge in [-0.05, 0) is 19.1 Å². The van der Waals surface area contributed by atoms with Crippen LogP contribution in [0.4, 0.5) is 0 Å². The smallest absolute Gasteiger partial charge is 0.334 e. The van der Waals surface area contributed by atoms with Crippen LogP contribution in [0.3, 0.4) is 0 Å². The van der Waals surface area contributed by atoms with E-state index < -0.39 is 16.0 Å². The molecule has 0 aliphatic rings. The standard InChI is InChI=1S/C12H15NO4S/c1-9-4-6-11(7-5-9)18(15,16)13-8-10(2)12(14)17-3/h4-7,13H,2,8H2,1,3H3. The fourth-order valence-corrected chi connectivity index (χ4v) is 2.22. The number of methoxy groups -OCH3 is 1. The van der Waals surface area contributed by atoms with E-state index >= 15 is 0 Å². The van der Waals surface area contributed by atoms with Gasteiger partial charge in [-0.15, -0.1) is 0 Å². The number of carbonyl (C=O) groups is 1. The van der Waals surface area contributed by atoms with Gasteiger partial charge in [0, 0.05) is 12.1 Å². The highest BCUT2D eigenvalue weighted by atomic mass is 32.2. The Hall–Kier alpha value is -1.66. The Bertz CT molecular complexity index is 546. The van der Waals surface area contributed by atoms with Gasteiger partial charge < -0.3 is 4.74 Å². The van der Waals surface area contributed by atoms with Gasteiger partial charge in [0.2, 0.25) is 10.0 Å². The predicted molar refractivity (Wildman–Crippen MR) is 67.5 cm³/mol. The van der Waals surface area contributed by atoms with Crippen LogP contribution in [0, 0.1) is 6.92 Å². The lowest BCUT2D eigenvalue weighted by Gasteiger charge is -2.07. The number of rotatable bonds is 5. The van der Waals surface area contributed by atoms with Gasteiger partial charge >= 0.3 is 5.97 Å². The molecule has 18 heavy (non-hydrogen) atoms. The van der Waals surface area contributed by atoms with Crippen LogP contribution in [-0.2, 0) is 19.6 Å². The summed E-state index contributed by atoms with van der Waals surface area (Å²) in [7, 11) is -2.42. The number of nitrogens with one attached hydrogen (secondary N) is 1. The van der Waals surface area contributed by atoms with Crippen molar-refractivity contribution in [3.63, 3.8) is 0 Å². The maximum absolute atomic E-state index is 11.9. The predicted octanol–water partition coefficient (Wildman–Crippen LogP) is 1.00. The minimum Gasteiger partial charge on any atom is -0.466 e. The van der Waals surface area contributed by atoms with Crippen molar-refractivity contribution in [2.75, 3.05) is 13.7 Å². The normalized spacial score (nSPS) is 11.0. The second-order valence-electron chi connectivity index (χ2n) is 3.73. The molecule has 6 heteroatoms. The molecule has 0 atom stereocenters. The van der Waals surface area contributed by atoms with Crippen molar-refractivity contribution in [3.05, 3.63) is 42.0 Å². The number of sulfonamides is 1. The number of esters is 1. The summed E-state index contributed by atoms with van der Waals surface area (Å²) in [5, 5.41) is 0. The van der Waals surface area contributed by atoms with E-state index in [1.807, 2.05) is 6.92 Å². The first-order valence-electron chi connectivity index (χ1n) is 5.19. The maximum atomic E-state index is 11.9. The van der Waals surface area contributed by atoms with Crippen molar-refractivity contribution in [1.29, 1.82) is 0 Å². The van der Waals surface area contributed by atoms with E-state index in [2.05, 4.69) is 16.0 Å². The molecule has 0 unspecified atom stereocenters. The Morgan fingerprint density at radius 2 is 1.89 bits per heavy atom. The number of hydrogen-bond acceptors (Lipinski definition) is 4. The van der Waals surface area contributed by atoms with E-state index in [0.717, 1.165) is 5.56 Å². The molecule has 1 rings (SSSR count). The van der Waals surface area contributed by atoms with E-state index in [-0.39, 0.29) is 17.0 Å². The first kappa shape index (κ1) is 14.4. The third-order valence-corrected chi connectivity index (χ3v) is 3.70. The summed E-state index contributed by atoms with van der Waals surface area (Å²) in [6.07, 6.45) is 0. The number of ether oxygens (including phenoxy) is 1. The lowest BCUT2D eigenvalue weighted by atomic mass is 10.2. The molecule has 1 N–H and O–H groups in total. The van der Waals surface area contributed by atoms with Gasteiger partial charge in [0.1, 0.15) is 0 Å². The summed E-state index contributed by atoms with van der Waals surface area (Å²) in [5.41, 5.74) is 1.01. The molecule has 0 fully saturated rings. The van der Waals surface area contributed by atoms with E-state index in [1.165, 1.54) is 19.2 Å². The largest absolute Gasteiger partial charge is 0.466 e. The maximum Gasteiger partial charge on any atom is 0.334 e. The zero-order valence-corrected chi connectivity index (χ0v) is 11.1. The molecule has 0 saturated carbocycles. The molecule has 0 bridgehead atoms. The van der Waals surface area contributed by atoms with Gasteiger partial charge in [0.15, 0.2) is 0 Å². The van der Waals surface area contributed by atoms with Crippen molar-refractivity contribution in [1.82, 2.24) is 4.72 Å². The van der Waals surface area contributed by atoms with E-state index in [0.29, 0.717) is 0 Å². The highest BCUT2D eigenvalue weighted by molar-refractivity contribution is 7.89. The average Bonchev–Trinajstić information content (AvgIpc) is 2.35. The lowest BCUT2D eigenvalue weighted by molar-refractivity contribution is -0.136. The SMILES string of the molecule is C=C(CNS(=O)(=O)c1ccc(C)cc1)C(=O)OC. The van der Waals surface area contributed by atoms with Crippen LogP contribution in [0.25, 0.3) is 0 Å². The quantitative estimate of drug-likeness (QED) is 0.639. The van der Waals surface area contributed by atoms with Crippen molar-refractivity contribution >= 4 is 16.0 Å². The molecule has 0 aromatic heterocycles. The number of hydrogen-bond donors (Lipinski definition) is 1. The van der Waals surface area contributed by atoms with E-state index in [1.54, 1.807) is 12.1 Å². The van der Waals surface area contributed by atoms with Gasteiger partial charge in [0.05, 0.1) is 12.0 Å². The van der Waals surface area contributed by atoms with Crippen molar-refractivity contribution in [2.45, 2.75) is 11.8 Å². The van der Waals surface area contributed by atoms with Crippen molar-refractivity contribution < 1.29 is 17.9 Å². The van der Waals surface area contributed by atoms with Gasteiger partial charge in [-0.1, -0.05) is 24.3 Å². The molecule has 1 aromatic rings. The van der Waals surface area contributed by atoms with Gasteiger partial charge in [0.25, 0.3) is 0 Å². The molecule has 0 heterocycles. The molecule has 0 aliphatic heterocycles. The van der Waals surface area contributed by atoms with Crippen LogP contribution in [0.5, 0.6) is 0 Å². The van der Waals surface area contributed by atoms with Gasteiger partial charge in [-0.2, -0.15) is 0 Å². The third-order valence-electron chi connectivity index (χ3n) is 2.28. The monoisotopic (exact) mass is 269 g/mol. The summed E-state index contributed by atoms with van der Waals surface area (Å²) in [6, 6.07) is 6.39. The highest BCUT2D eigenvalue weighted by Crippen LogP contribution is 2.10. The van der Waals surface area contributed by atoms with Crippen LogP contribution < -0.4 is 4.72 Å². The molecular weight excluding hydrogens is 254 g/mol. The first-order chi connectivity index (χ1) is 8.36. The topological polar surface area (TPSA) is 72.5 Å². The summed E-state index contributed by atoms with van der Waals surface area (Å²) >= 11 is 0. The fourth-order valence-electron chi connectivity index (χ4n) is 1.20. The molecule has 1 aromatic carbocycles. The Labute approximate surface area is 107 Å². The molecule has 0 amide bonds. The zero-order valence-electron chi connectivity index (χ0n) is 10.3. The summed E-state index contributed by atoms with van der Waals surface area (Å²) in [4.78, 5) is 11.2. The molecule has 5 nitrogen and oxygen atoms in total. The molecule has 0 spiro atoms. The Kier molecular flexibility index (Phi) is 4.63. The molecular formula is C12H15NO4S. The molecule has 98 valence electrons. The van der Waals surface area contributed by atoms with Gasteiger partial charge in [-0.3, -0.25) is 0 Å². The Morgan fingerprint density at radius 1 is 1.33 bits per heavy atom. The number of benzene rings is 1. The zero-order chi connectivity index (χ0) is 13.8. The average molecular weight is 269 g/mol. The fraction of sp³-hybridized carbons (Fsp3) is 0.250. The Morgan fingerprint density at radius 3 is 2.39 bits per heavy atom. The van der Waals surface area contributed by atoms with E-state index in [4.69, 9.17) is 0 Å². The number of carbonyl (C=O) groups excluding carboxylic acids is 1. The van der Waals surface area contributed by atoms with Crippen LogP contribution >= 0.6 is 0 Å². The van der Waals surface area contributed by atoms with Gasteiger partial charge in [-0.25, -0.2) is 17.9 Å².